The fourth-order valence-electron chi connectivity index (χ4n) is 3.63. The monoisotopic (exact) mass is 323 g/mol. The molecule has 2 amide bonds. The number of urea groups is 1. The molecule has 0 radical (unpaired) electrons. The molecule has 2 bridgehead atoms. The topological polar surface area (TPSA) is 81.9 Å². The first kappa shape index (κ1) is 14.6. The Morgan fingerprint density at radius 2 is 2.21 bits per heavy atom. The molecule has 6 nitrogen and oxygen atoms in total. The molecule has 4 rings (SSSR count). The molecule has 120 valence electrons. The van der Waals surface area contributed by atoms with Gasteiger partial charge in [0.15, 0.2) is 0 Å². The smallest absolute Gasteiger partial charge is 0.314 e. The van der Waals surface area contributed by atoms with Crippen LogP contribution in [0, 0.1) is 17.3 Å². The van der Waals surface area contributed by atoms with E-state index in [4.69, 9.17) is 5.26 Å². The Hall–Kier alpha value is -3.01. The summed E-state index contributed by atoms with van der Waals surface area (Å²) in [6.45, 7) is 0. The van der Waals surface area contributed by atoms with Crippen molar-refractivity contribution in [2.75, 3.05) is 5.32 Å². The number of carbonyl (C=O) groups is 1. The third kappa shape index (κ3) is 2.27. The Morgan fingerprint density at radius 3 is 2.96 bits per heavy atom. The molecule has 24 heavy (non-hydrogen) atoms. The maximum atomic E-state index is 13.9. The van der Waals surface area contributed by atoms with Gasteiger partial charge in [0.05, 0.1) is 11.6 Å². The van der Waals surface area contributed by atoms with E-state index in [-0.39, 0.29) is 18.1 Å². The molecule has 2 aromatic heterocycles. The standard InChI is InChI=1S/C17H14FN5O/c18-16-13-7-11-2-3-14(12(13)5-6-20-16)23(11)17(24)22-15-4-1-10(8-19)9-21-15/h1,4-6,9,11,14H,2-3,7H2,(H,21,22,24). The van der Waals surface area contributed by atoms with Crippen LogP contribution in [0.25, 0.3) is 0 Å². The van der Waals surface area contributed by atoms with E-state index in [1.165, 1.54) is 12.4 Å². The number of nitriles is 1. The first-order valence-corrected chi connectivity index (χ1v) is 7.76. The van der Waals surface area contributed by atoms with Crippen LogP contribution in [-0.4, -0.2) is 26.9 Å². The predicted octanol–water partition coefficient (Wildman–Crippen LogP) is 2.78. The van der Waals surface area contributed by atoms with Crippen LogP contribution >= 0.6 is 0 Å². The molecule has 0 spiro atoms. The van der Waals surface area contributed by atoms with Crippen molar-refractivity contribution < 1.29 is 9.18 Å². The number of hydrogen-bond acceptors (Lipinski definition) is 4. The van der Waals surface area contributed by atoms with Crippen LogP contribution < -0.4 is 5.32 Å². The second-order valence-corrected chi connectivity index (χ2v) is 6.00. The number of hydrogen-bond donors (Lipinski definition) is 1. The number of fused-ring (bicyclic) bond motifs is 4. The predicted molar refractivity (Wildman–Crippen MR) is 83.5 cm³/mol. The molecule has 0 saturated carbocycles. The molecule has 4 heterocycles. The highest BCUT2D eigenvalue weighted by Crippen LogP contribution is 2.44. The zero-order valence-corrected chi connectivity index (χ0v) is 12.7. The van der Waals surface area contributed by atoms with Gasteiger partial charge in [-0.1, -0.05) is 0 Å². The Balaban J connectivity index is 1.58. The lowest BCUT2D eigenvalue weighted by atomic mass is 9.95. The van der Waals surface area contributed by atoms with Gasteiger partial charge in [-0.05, 0) is 43.0 Å². The van der Waals surface area contributed by atoms with Gasteiger partial charge in [-0.3, -0.25) is 5.32 Å². The van der Waals surface area contributed by atoms with Crippen molar-refractivity contribution in [3.8, 4) is 6.07 Å². The highest BCUT2D eigenvalue weighted by Gasteiger charge is 2.43. The summed E-state index contributed by atoms with van der Waals surface area (Å²) < 4.78 is 13.9. The fraction of sp³-hybridized carbons (Fsp3) is 0.294. The third-order valence-electron chi connectivity index (χ3n) is 4.70. The van der Waals surface area contributed by atoms with E-state index in [9.17, 15) is 9.18 Å². The Kier molecular flexibility index (Phi) is 3.38. The number of pyridine rings is 2. The summed E-state index contributed by atoms with van der Waals surface area (Å²) in [4.78, 5) is 22.2. The summed E-state index contributed by atoms with van der Waals surface area (Å²) in [5.41, 5.74) is 1.91. The van der Waals surface area contributed by atoms with E-state index in [2.05, 4.69) is 15.3 Å². The number of aromatic nitrogens is 2. The maximum Gasteiger partial charge on any atom is 0.323 e. The van der Waals surface area contributed by atoms with Gasteiger partial charge in [0.25, 0.3) is 0 Å². The summed E-state index contributed by atoms with van der Waals surface area (Å²) >= 11 is 0. The summed E-state index contributed by atoms with van der Waals surface area (Å²) in [6, 6.07) is 6.57. The molecule has 2 aliphatic heterocycles. The van der Waals surface area contributed by atoms with Crippen LogP contribution in [0.5, 0.6) is 0 Å². The zero-order valence-electron chi connectivity index (χ0n) is 12.7. The second kappa shape index (κ2) is 5.57. The van der Waals surface area contributed by atoms with Crippen molar-refractivity contribution in [2.24, 2.45) is 0 Å². The van der Waals surface area contributed by atoms with Crippen LogP contribution in [0.1, 0.15) is 35.6 Å². The van der Waals surface area contributed by atoms with Crippen molar-refractivity contribution in [1.29, 1.82) is 5.26 Å². The van der Waals surface area contributed by atoms with Gasteiger partial charge in [0, 0.05) is 24.0 Å². The summed E-state index contributed by atoms with van der Waals surface area (Å²) in [5.74, 6) is -0.0386. The summed E-state index contributed by atoms with van der Waals surface area (Å²) in [5, 5.41) is 11.6. The zero-order chi connectivity index (χ0) is 16.7. The van der Waals surface area contributed by atoms with Gasteiger partial charge >= 0.3 is 6.03 Å². The highest BCUT2D eigenvalue weighted by molar-refractivity contribution is 5.89. The number of nitrogens with zero attached hydrogens (tertiary/aromatic N) is 4. The molecule has 2 atom stereocenters. The molecule has 1 fully saturated rings. The molecule has 2 aromatic rings. The van der Waals surface area contributed by atoms with Crippen LogP contribution in [0.4, 0.5) is 15.0 Å². The minimum Gasteiger partial charge on any atom is -0.314 e. The van der Waals surface area contributed by atoms with Crippen molar-refractivity contribution in [1.82, 2.24) is 14.9 Å². The van der Waals surface area contributed by atoms with E-state index in [1.54, 1.807) is 23.1 Å². The molecule has 2 aliphatic rings. The third-order valence-corrected chi connectivity index (χ3v) is 4.70. The van der Waals surface area contributed by atoms with Gasteiger partial charge < -0.3 is 4.90 Å². The van der Waals surface area contributed by atoms with Crippen molar-refractivity contribution in [3.63, 3.8) is 0 Å². The molecule has 7 heteroatoms. The first-order valence-electron chi connectivity index (χ1n) is 7.76. The minimum absolute atomic E-state index is 0.0282. The van der Waals surface area contributed by atoms with Crippen molar-refractivity contribution in [2.45, 2.75) is 31.3 Å². The van der Waals surface area contributed by atoms with E-state index in [0.717, 1.165) is 18.4 Å². The summed E-state index contributed by atoms with van der Waals surface area (Å²) in [7, 11) is 0. The summed E-state index contributed by atoms with van der Waals surface area (Å²) in [6.07, 6.45) is 5.00. The van der Waals surface area contributed by atoms with Gasteiger partial charge in [-0.2, -0.15) is 9.65 Å². The Morgan fingerprint density at radius 1 is 1.33 bits per heavy atom. The fourth-order valence-corrected chi connectivity index (χ4v) is 3.63. The van der Waals surface area contributed by atoms with E-state index < -0.39 is 5.95 Å². The number of anilines is 1. The molecule has 1 saturated heterocycles. The van der Waals surface area contributed by atoms with Gasteiger partial charge in [-0.25, -0.2) is 14.8 Å². The van der Waals surface area contributed by atoms with Crippen LogP contribution in [0.15, 0.2) is 30.6 Å². The van der Waals surface area contributed by atoms with E-state index in [0.29, 0.717) is 23.4 Å². The number of halogens is 1. The van der Waals surface area contributed by atoms with Gasteiger partial charge in [0.1, 0.15) is 11.9 Å². The van der Waals surface area contributed by atoms with Gasteiger partial charge in [0.2, 0.25) is 5.95 Å². The Labute approximate surface area is 138 Å². The SMILES string of the molecule is N#Cc1ccc(NC(=O)N2C3CCC2c2ccnc(F)c2C3)nc1. The minimum atomic E-state index is -0.432. The molecular formula is C17H14FN5O. The number of nitrogens with one attached hydrogen (secondary N) is 1. The second-order valence-electron chi connectivity index (χ2n) is 6.00. The first-order chi connectivity index (χ1) is 11.7. The normalized spacial score (nSPS) is 21.1. The van der Waals surface area contributed by atoms with Crippen molar-refractivity contribution in [3.05, 3.63) is 53.2 Å². The maximum absolute atomic E-state index is 13.9. The quantitative estimate of drug-likeness (QED) is 0.818. The average Bonchev–Trinajstić information content (AvgIpc) is 2.92. The average molecular weight is 323 g/mol. The number of amides is 2. The molecular weight excluding hydrogens is 309 g/mol. The molecule has 1 N–H and O–H groups in total. The van der Waals surface area contributed by atoms with Crippen molar-refractivity contribution >= 4 is 11.8 Å². The molecule has 0 aliphatic carbocycles. The lowest BCUT2D eigenvalue weighted by Gasteiger charge is -2.36. The van der Waals surface area contributed by atoms with E-state index >= 15 is 0 Å². The highest BCUT2D eigenvalue weighted by atomic mass is 19.1. The van der Waals surface area contributed by atoms with Gasteiger partial charge in [-0.15, -0.1) is 0 Å². The van der Waals surface area contributed by atoms with Crippen LogP contribution in [0.2, 0.25) is 0 Å². The lowest BCUT2D eigenvalue weighted by molar-refractivity contribution is 0.178. The van der Waals surface area contributed by atoms with Crippen LogP contribution in [0.3, 0.4) is 0 Å². The lowest BCUT2D eigenvalue weighted by Crippen LogP contribution is -2.44. The largest absolute Gasteiger partial charge is 0.323 e. The van der Waals surface area contributed by atoms with E-state index in [1.807, 2.05) is 6.07 Å². The van der Waals surface area contributed by atoms with Crippen LogP contribution in [-0.2, 0) is 6.42 Å². The molecule has 2 unspecified atom stereocenters. The Bertz CT molecular complexity index is 845. The molecule has 0 aromatic carbocycles. The number of rotatable bonds is 1. The number of carbonyl (C=O) groups excluding carboxylic acids is 1.